The molecule has 94 valence electrons. The van der Waals surface area contributed by atoms with E-state index in [1.165, 1.54) is 6.92 Å². The van der Waals surface area contributed by atoms with Crippen LogP contribution < -0.4 is 10.6 Å². The van der Waals surface area contributed by atoms with Gasteiger partial charge in [-0.1, -0.05) is 0 Å². The van der Waals surface area contributed by atoms with Crippen LogP contribution in [-0.2, 0) is 14.6 Å². The van der Waals surface area contributed by atoms with Crippen LogP contribution in [0.25, 0.3) is 0 Å². The molecule has 2 atom stereocenters. The van der Waals surface area contributed by atoms with E-state index in [1.807, 2.05) is 0 Å². The van der Waals surface area contributed by atoms with Crippen molar-refractivity contribution in [3.63, 3.8) is 0 Å². The maximum absolute atomic E-state index is 11.7. The van der Waals surface area contributed by atoms with Crippen molar-refractivity contribution in [1.82, 2.24) is 10.6 Å². The first-order valence-corrected chi connectivity index (χ1v) is 7.56. The summed E-state index contributed by atoms with van der Waals surface area (Å²) in [5, 5.41) is 5.09. The molecule has 6 heteroatoms. The van der Waals surface area contributed by atoms with Crippen molar-refractivity contribution in [2.75, 3.05) is 19.3 Å². The fourth-order valence-electron chi connectivity index (χ4n) is 1.68. The number of hydrogen-bond acceptors (Lipinski definition) is 4. The molecule has 2 unspecified atom stereocenters. The van der Waals surface area contributed by atoms with Crippen LogP contribution in [0, 0.1) is 0 Å². The highest BCUT2D eigenvalue weighted by atomic mass is 32.2. The van der Waals surface area contributed by atoms with Crippen molar-refractivity contribution in [2.45, 2.75) is 37.5 Å². The predicted octanol–water partition coefficient (Wildman–Crippen LogP) is -0.322. The first-order valence-electron chi connectivity index (χ1n) is 5.61. The topological polar surface area (TPSA) is 75.3 Å². The standard InChI is InChI=1S/C10H20N2O3S/c1-8(16(2,14)15)10(13)12-9-4-3-6-11-7-5-9/h8-9,11H,3-7H2,1-2H3,(H,12,13). The lowest BCUT2D eigenvalue weighted by Crippen LogP contribution is -2.43. The van der Waals surface area contributed by atoms with E-state index in [2.05, 4.69) is 10.6 Å². The Hall–Kier alpha value is -0.620. The van der Waals surface area contributed by atoms with Crippen LogP contribution in [0.1, 0.15) is 26.2 Å². The molecule has 0 aromatic carbocycles. The van der Waals surface area contributed by atoms with E-state index >= 15 is 0 Å². The largest absolute Gasteiger partial charge is 0.352 e. The monoisotopic (exact) mass is 248 g/mol. The van der Waals surface area contributed by atoms with Gasteiger partial charge in [-0.05, 0) is 39.3 Å². The average molecular weight is 248 g/mol. The van der Waals surface area contributed by atoms with Gasteiger partial charge in [0.2, 0.25) is 5.91 Å². The molecule has 0 radical (unpaired) electrons. The van der Waals surface area contributed by atoms with Crippen LogP contribution in [0.15, 0.2) is 0 Å². The van der Waals surface area contributed by atoms with Gasteiger partial charge in [0.15, 0.2) is 9.84 Å². The summed E-state index contributed by atoms with van der Waals surface area (Å²) >= 11 is 0. The first-order chi connectivity index (χ1) is 7.41. The highest BCUT2D eigenvalue weighted by Gasteiger charge is 2.25. The number of carbonyl (C=O) groups is 1. The van der Waals surface area contributed by atoms with E-state index in [1.54, 1.807) is 0 Å². The molecule has 1 saturated heterocycles. The second-order valence-corrected chi connectivity index (χ2v) is 6.72. The van der Waals surface area contributed by atoms with Crippen LogP contribution in [0.5, 0.6) is 0 Å². The molecule has 1 amide bonds. The minimum Gasteiger partial charge on any atom is -0.352 e. The third kappa shape index (κ3) is 4.09. The summed E-state index contributed by atoms with van der Waals surface area (Å²) in [6.07, 6.45) is 3.88. The van der Waals surface area contributed by atoms with Crippen LogP contribution in [0.2, 0.25) is 0 Å². The Balaban J connectivity index is 2.50. The van der Waals surface area contributed by atoms with Gasteiger partial charge in [0, 0.05) is 12.3 Å². The minimum atomic E-state index is -3.29. The lowest BCUT2D eigenvalue weighted by atomic mass is 10.1. The van der Waals surface area contributed by atoms with Gasteiger partial charge in [0.1, 0.15) is 5.25 Å². The fourth-order valence-corrected chi connectivity index (χ4v) is 2.13. The molecule has 16 heavy (non-hydrogen) atoms. The summed E-state index contributed by atoms with van der Waals surface area (Å²) < 4.78 is 22.4. The minimum absolute atomic E-state index is 0.103. The zero-order valence-electron chi connectivity index (χ0n) is 9.82. The Morgan fingerprint density at radius 1 is 1.38 bits per heavy atom. The summed E-state index contributed by atoms with van der Waals surface area (Å²) in [5.74, 6) is -0.380. The number of carbonyl (C=O) groups excluding carboxylic acids is 1. The Kier molecular flexibility index (Phi) is 4.73. The number of sulfone groups is 1. The lowest BCUT2D eigenvalue weighted by Gasteiger charge is -2.18. The molecular formula is C10H20N2O3S. The normalized spacial score (nSPS) is 24.5. The average Bonchev–Trinajstić information content (AvgIpc) is 2.43. The van der Waals surface area contributed by atoms with Gasteiger partial charge in [0.05, 0.1) is 0 Å². The second kappa shape index (κ2) is 5.63. The molecule has 0 saturated carbocycles. The predicted molar refractivity (Wildman–Crippen MR) is 63.0 cm³/mol. The van der Waals surface area contributed by atoms with Crippen LogP contribution in [0.3, 0.4) is 0 Å². The Labute approximate surface area is 96.9 Å². The van der Waals surface area contributed by atoms with Crippen LogP contribution in [0.4, 0.5) is 0 Å². The van der Waals surface area contributed by atoms with Crippen LogP contribution in [-0.4, -0.2) is 45.0 Å². The van der Waals surface area contributed by atoms with Gasteiger partial charge >= 0.3 is 0 Å². The van der Waals surface area contributed by atoms with Gasteiger partial charge in [-0.15, -0.1) is 0 Å². The van der Waals surface area contributed by atoms with Gasteiger partial charge in [-0.25, -0.2) is 8.42 Å². The molecule has 0 spiro atoms. The molecule has 1 aliphatic rings. The van der Waals surface area contributed by atoms with E-state index in [0.29, 0.717) is 0 Å². The molecule has 0 bridgehead atoms. The molecule has 1 fully saturated rings. The quantitative estimate of drug-likeness (QED) is 0.717. The molecule has 0 aromatic rings. The van der Waals surface area contributed by atoms with Crippen molar-refractivity contribution in [3.8, 4) is 0 Å². The van der Waals surface area contributed by atoms with E-state index in [-0.39, 0.29) is 11.9 Å². The van der Waals surface area contributed by atoms with E-state index in [9.17, 15) is 13.2 Å². The van der Waals surface area contributed by atoms with Crippen molar-refractivity contribution in [3.05, 3.63) is 0 Å². The summed E-state index contributed by atoms with van der Waals surface area (Å²) in [7, 11) is -3.29. The summed E-state index contributed by atoms with van der Waals surface area (Å²) in [6, 6.07) is 0.103. The number of amides is 1. The lowest BCUT2D eigenvalue weighted by molar-refractivity contribution is -0.121. The zero-order valence-corrected chi connectivity index (χ0v) is 10.6. The van der Waals surface area contributed by atoms with Crippen molar-refractivity contribution < 1.29 is 13.2 Å². The van der Waals surface area contributed by atoms with E-state index < -0.39 is 15.1 Å². The summed E-state index contributed by atoms with van der Waals surface area (Å²) in [5.41, 5.74) is 0. The maximum atomic E-state index is 11.7. The van der Waals surface area contributed by atoms with Crippen molar-refractivity contribution in [1.29, 1.82) is 0 Å². The number of nitrogens with one attached hydrogen (secondary N) is 2. The Morgan fingerprint density at radius 3 is 2.69 bits per heavy atom. The van der Waals surface area contributed by atoms with Crippen LogP contribution >= 0.6 is 0 Å². The maximum Gasteiger partial charge on any atom is 0.238 e. The molecule has 1 heterocycles. The van der Waals surface area contributed by atoms with E-state index in [4.69, 9.17) is 0 Å². The second-order valence-electron chi connectivity index (χ2n) is 4.36. The van der Waals surface area contributed by atoms with Crippen molar-refractivity contribution in [2.24, 2.45) is 0 Å². The van der Waals surface area contributed by atoms with E-state index in [0.717, 1.165) is 38.6 Å². The molecular weight excluding hydrogens is 228 g/mol. The molecule has 2 N–H and O–H groups in total. The summed E-state index contributed by atoms with van der Waals surface area (Å²) in [4.78, 5) is 11.7. The third-order valence-electron chi connectivity index (χ3n) is 2.93. The number of rotatable bonds is 3. The Morgan fingerprint density at radius 2 is 2.06 bits per heavy atom. The molecule has 0 aromatic heterocycles. The molecule has 0 aliphatic carbocycles. The number of hydrogen-bond donors (Lipinski definition) is 2. The van der Waals surface area contributed by atoms with Gasteiger partial charge < -0.3 is 10.6 Å². The zero-order chi connectivity index (χ0) is 12.2. The van der Waals surface area contributed by atoms with Gasteiger partial charge in [-0.3, -0.25) is 4.79 Å². The smallest absolute Gasteiger partial charge is 0.238 e. The Bertz CT molecular complexity index is 332. The molecule has 1 aliphatic heterocycles. The van der Waals surface area contributed by atoms with Crippen molar-refractivity contribution >= 4 is 15.7 Å². The fraction of sp³-hybridized carbons (Fsp3) is 0.900. The van der Waals surface area contributed by atoms with Gasteiger partial charge in [0.25, 0.3) is 0 Å². The highest BCUT2D eigenvalue weighted by molar-refractivity contribution is 7.92. The highest BCUT2D eigenvalue weighted by Crippen LogP contribution is 2.06. The van der Waals surface area contributed by atoms with Gasteiger partial charge in [-0.2, -0.15) is 0 Å². The molecule has 1 rings (SSSR count). The first kappa shape index (κ1) is 13.4. The summed E-state index contributed by atoms with van der Waals surface area (Å²) in [6.45, 7) is 3.27. The molecule has 5 nitrogen and oxygen atoms in total. The third-order valence-corrected chi connectivity index (χ3v) is 4.43. The SMILES string of the molecule is CC(C(=O)NC1CCCNCC1)S(C)(=O)=O.